The molecule has 0 aromatic heterocycles. The van der Waals surface area contributed by atoms with E-state index < -0.39 is 29.0 Å². The minimum absolute atomic E-state index is 0.0591. The molecule has 1 aromatic rings. The van der Waals surface area contributed by atoms with E-state index in [2.05, 4.69) is 5.32 Å². The average Bonchev–Trinajstić information content (AvgIpc) is 2.24. The van der Waals surface area contributed by atoms with Gasteiger partial charge in [-0.25, -0.2) is 4.79 Å². The first-order chi connectivity index (χ1) is 9.03. The summed E-state index contributed by atoms with van der Waals surface area (Å²) >= 11 is 0. The summed E-state index contributed by atoms with van der Waals surface area (Å²) in [4.78, 5) is 11.5. The summed E-state index contributed by atoms with van der Waals surface area (Å²) in [5.41, 5.74) is -2.28. The van der Waals surface area contributed by atoms with Crippen molar-refractivity contribution in [2.45, 2.75) is 32.5 Å². The molecule has 1 aromatic carbocycles. The zero-order valence-corrected chi connectivity index (χ0v) is 11.1. The van der Waals surface area contributed by atoms with Crippen molar-refractivity contribution in [1.29, 1.82) is 5.26 Å². The van der Waals surface area contributed by atoms with Gasteiger partial charge in [-0.3, -0.25) is 5.32 Å². The number of nitrogens with zero attached hydrogens (tertiary/aromatic N) is 1. The maximum Gasteiger partial charge on any atom is 0.417 e. The molecule has 0 aliphatic rings. The van der Waals surface area contributed by atoms with Gasteiger partial charge in [0.25, 0.3) is 0 Å². The molecule has 1 rings (SSSR count). The molecule has 0 aliphatic carbocycles. The predicted octanol–water partition coefficient (Wildman–Crippen LogP) is 3.92. The number of benzene rings is 1. The molecule has 0 heterocycles. The van der Waals surface area contributed by atoms with Crippen LogP contribution >= 0.6 is 0 Å². The monoisotopic (exact) mass is 286 g/mol. The Morgan fingerprint density at radius 1 is 1.30 bits per heavy atom. The topological polar surface area (TPSA) is 62.1 Å². The second-order valence-corrected chi connectivity index (χ2v) is 5.00. The van der Waals surface area contributed by atoms with Crippen LogP contribution in [-0.2, 0) is 10.9 Å². The molecule has 0 unspecified atom stereocenters. The van der Waals surface area contributed by atoms with E-state index in [0.29, 0.717) is 0 Å². The number of carbonyl (C=O) groups excluding carboxylic acids is 1. The number of alkyl halides is 3. The molecule has 1 N–H and O–H groups in total. The molecule has 0 radical (unpaired) electrons. The molecule has 20 heavy (non-hydrogen) atoms. The maximum absolute atomic E-state index is 12.6. The SMILES string of the molecule is CC(C)(C)OC(=O)Nc1ccc(C(F)(F)F)c(C#N)c1. The number of nitriles is 1. The van der Waals surface area contributed by atoms with Gasteiger partial charge in [-0.2, -0.15) is 18.4 Å². The van der Waals surface area contributed by atoms with E-state index in [4.69, 9.17) is 10.00 Å². The smallest absolute Gasteiger partial charge is 0.417 e. The summed E-state index contributed by atoms with van der Waals surface area (Å²) in [6.45, 7) is 4.96. The molecule has 0 saturated carbocycles. The number of carbonyl (C=O) groups is 1. The minimum atomic E-state index is -4.62. The van der Waals surface area contributed by atoms with Crippen LogP contribution in [0.25, 0.3) is 0 Å². The molecule has 0 spiro atoms. The van der Waals surface area contributed by atoms with Gasteiger partial charge in [0.05, 0.1) is 17.2 Å². The molecule has 0 atom stereocenters. The Morgan fingerprint density at radius 2 is 1.90 bits per heavy atom. The molecule has 1 amide bonds. The van der Waals surface area contributed by atoms with Crippen LogP contribution in [0.2, 0.25) is 0 Å². The summed E-state index contributed by atoms with van der Waals surface area (Å²) in [7, 11) is 0. The van der Waals surface area contributed by atoms with Gasteiger partial charge >= 0.3 is 12.3 Å². The van der Waals surface area contributed by atoms with Gasteiger partial charge in [-0.15, -0.1) is 0 Å². The van der Waals surface area contributed by atoms with Crippen molar-refractivity contribution in [1.82, 2.24) is 0 Å². The number of rotatable bonds is 1. The molecule has 108 valence electrons. The van der Waals surface area contributed by atoms with E-state index >= 15 is 0 Å². The van der Waals surface area contributed by atoms with Crippen LogP contribution in [-0.4, -0.2) is 11.7 Å². The third-order valence-electron chi connectivity index (χ3n) is 2.09. The highest BCUT2D eigenvalue weighted by Gasteiger charge is 2.33. The zero-order valence-electron chi connectivity index (χ0n) is 11.1. The van der Waals surface area contributed by atoms with E-state index in [9.17, 15) is 18.0 Å². The third-order valence-corrected chi connectivity index (χ3v) is 2.09. The Hall–Kier alpha value is -2.23. The Labute approximate surface area is 114 Å². The van der Waals surface area contributed by atoms with Crippen molar-refractivity contribution in [2.24, 2.45) is 0 Å². The normalized spacial score (nSPS) is 11.7. The first-order valence-electron chi connectivity index (χ1n) is 5.64. The number of ether oxygens (including phenoxy) is 1. The number of nitrogens with one attached hydrogen (secondary N) is 1. The highest BCUT2D eigenvalue weighted by molar-refractivity contribution is 5.85. The first kappa shape index (κ1) is 15.8. The fourth-order valence-corrected chi connectivity index (χ4v) is 1.38. The lowest BCUT2D eigenvalue weighted by Crippen LogP contribution is -2.27. The molecule has 0 saturated heterocycles. The van der Waals surface area contributed by atoms with Crippen molar-refractivity contribution in [2.75, 3.05) is 5.32 Å². The lowest BCUT2D eigenvalue weighted by atomic mass is 10.1. The van der Waals surface area contributed by atoms with Gasteiger partial charge < -0.3 is 4.74 Å². The fourth-order valence-electron chi connectivity index (χ4n) is 1.38. The van der Waals surface area contributed by atoms with Gasteiger partial charge in [0.1, 0.15) is 5.60 Å². The molecular formula is C13H13F3N2O2. The van der Waals surface area contributed by atoms with E-state index in [1.54, 1.807) is 20.8 Å². The lowest BCUT2D eigenvalue weighted by molar-refractivity contribution is -0.137. The van der Waals surface area contributed by atoms with Gasteiger partial charge in [0.2, 0.25) is 0 Å². The molecule has 4 nitrogen and oxygen atoms in total. The van der Waals surface area contributed by atoms with Crippen molar-refractivity contribution < 1.29 is 22.7 Å². The number of halogens is 3. The standard InChI is InChI=1S/C13H13F3N2O2/c1-12(2,3)20-11(19)18-9-4-5-10(13(14,15)16)8(6-9)7-17/h4-6H,1-3H3,(H,18,19). The van der Waals surface area contributed by atoms with Crippen molar-refractivity contribution in [3.63, 3.8) is 0 Å². The van der Waals surface area contributed by atoms with E-state index in [1.807, 2.05) is 0 Å². The fraction of sp³-hybridized carbons (Fsp3) is 0.385. The van der Waals surface area contributed by atoms with Gasteiger partial charge in [0, 0.05) is 5.69 Å². The quantitative estimate of drug-likeness (QED) is 0.851. The molecule has 7 heteroatoms. The van der Waals surface area contributed by atoms with Crippen LogP contribution in [0.15, 0.2) is 18.2 Å². The Bertz CT molecular complexity index is 554. The van der Waals surface area contributed by atoms with E-state index in [0.717, 1.165) is 18.2 Å². The summed E-state index contributed by atoms with van der Waals surface area (Å²) in [6, 6.07) is 4.21. The molecule has 0 bridgehead atoms. The van der Waals surface area contributed by atoms with Crippen molar-refractivity contribution in [3.8, 4) is 6.07 Å². The Morgan fingerprint density at radius 3 is 2.35 bits per heavy atom. The van der Waals surface area contributed by atoms with Gasteiger partial charge in [-0.1, -0.05) is 0 Å². The average molecular weight is 286 g/mol. The number of hydrogen-bond donors (Lipinski definition) is 1. The predicted molar refractivity (Wildman–Crippen MR) is 66.0 cm³/mol. The van der Waals surface area contributed by atoms with Crippen LogP contribution in [0.4, 0.5) is 23.7 Å². The summed E-state index contributed by atoms with van der Waals surface area (Å²) in [5, 5.41) is 11.0. The number of anilines is 1. The zero-order chi connectivity index (χ0) is 15.6. The largest absolute Gasteiger partial charge is 0.444 e. The van der Waals surface area contributed by atoms with Crippen LogP contribution < -0.4 is 5.32 Å². The number of amides is 1. The lowest BCUT2D eigenvalue weighted by Gasteiger charge is -2.20. The molecule has 0 aliphatic heterocycles. The van der Waals surface area contributed by atoms with Crippen LogP contribution in [0.1, 0.15) is 31.9 Å². The molecular weight excluding hydrogens is 273 g/mol. The summed E-state index contributed by atoms with van der Waals surface area (Å²) in [5.74, 6) is 0. The van der Waals surface area contributed by atoms with Gasteiger partial charge in [0.15, 0.2) is 0 Å². The third kappa shape index (κ3) is 4.46. The highest BCUT2D eigenvalue weighted by atomic mass is 19.4. The summed E-state index contributed by atoms with van der Waals surface area (Å²) in [6.07, 6.45) is -5.42. The maximum atomic E-state index is 12.6. The highest BCUT2D eigenvalue weighted by Crippen LogP contribution is 2.33. The van der Waals surface area contributed by atoms with Crippen molar-refractivity contribution in [3.05, 3.63) is 29.3 Å². The number of hydrogen-bond acceptors (Lipinski definition) is 3. The van der Waals surface area contributed by atoms with Crippen LogP contribution in [0.5, 0.6) is 0 Å². The van der Waals surface area contributed by atoms with Crippen LogP contribution in [0.3, 0.4) is 0 Å². The van der Waals surface area contributed by atoms with E-state index in [-0.39, 0.29) is 5.69 Å². The molecule has 0 fully saturated rings. The van der Waals surface area contributed by atoms with Crippen LogP contribution in [0, 0.1) is 11.3 Å². The minimum Gasteiger partial charge on any atom is -0.444 e. The second-order valence-electron chi connectivity index (χ2n) is 5.00. The Balaban J connectivity index is 2.96. The van der Waals surface area contributed by atoms with E-state index in [1.165, 1.54) is 6.07 Å². The van der Waals surface area contributed by atoms with Crippen molar-refractivity contribution >= 4 is 11.8 Å². The Kier molecular flexibility index (Phi) is 4.28. The van der Waals surface area contributed by atoms with Gasteiger partial charge in [-0.05, 0) is 39.0 Å². The summed E-state index contributed by atoms with van der Waals surface area (Å²) < 4.78 is 42.7. The second kappa shape index (κ2) is 5.41. The first-order valence-corrected chi connectivity index (χ1v) is 5.64.